The van der Waals surface area contributed by atoms with Gasteiger partial charge in [0.15, 0.2) is 0 Å². The molecule has 1 aliphatic rings. The number of nitrogens with two attached hydrogens (primary N) is 1. The molecule has 7 nitrogen and oxygen atoms in total. The predicted molar refractivity (Wildman–Crippen MR) is 71.8 cm³/mol. The number of nitrogens with one attached hydrogen (secondary N) is 1. The van der Waals surface area contributed by atoms with Crippen LogP contribution in [0.15, 0.2) is 23.1 Å². The van der Waals surface area contributed by atoms with E-state index in [-0.39, 0.29) is 22.8 Å². The average molecular weight is 300 g/mol. The van der Waals surface area contributed by atoms with E-state index in [1.165, 1.54) is 6.07 Å². The quantitative estimate of drug-likeness (QED) is 0.573. The second kappa shape index (κ2) is 5.04. The molecule has 1 aliphatic carbocycles. The van der Waals surface area contributed by atoms with Gasteiger partial charge in [-0.2, -0.15) is 0 Å². The van der Waals surface area contributed by atoms with E-state index in [0.717, 1.165) is 18.6 Å². The minimum absolute atomic E-state index is 0.0815. The summed E-state index contributed by atoms with van der Waals surface area (Å²) in [5.74, 6) is -1.18. The zero-order valence-electron chi connectivity index (χ0n) is 10.7. The fraction of sp³-hybridized carbons (Fsp3) is 0.417. The van der Waals surface area contributed by atoms with Crippen molar-refractivity contribution >= 4 is 21.7 Å². The molecule has 0 unspecified atom stereocenters. The fourth-order valence-corrected chi connectivity index (χ4v) is 3.73. The van der Waals surface area contributed by atoms with Crippen molar-refractivity contribution in [3.05, 3.63) is 23.8 Å². The van der Waals surface area contributed by atoms with E-state index in [9.17, 15) is 18.3 Å². The Morgan fingerprint density at radius 3 is 2.45 bits per heavy atom. The fourth-order valence-electron chi connectivity index (χ4n) is 2.16. The van der Waals surface area contributed by atoms with Gasteiger partial charge in [0, 0.05) is 0 Å². The Bertz CT molecular complexity index is 632. The Balaban J connectivity index is 2.32. The molecular formula is C12H16N2O5S. The highest BCUT2D eigenvalue weighted by molar-refractivity contribution is 7.89. The molecule has 0 aliphatic heterocycles. The molecule has 20 heavy (non-hydrogen) atoms. The molecule has 1 aromatic carbocycles. The molecule has 0 saturated heterocycles. The SMILES string of the molecule is Nc1cc(C(=O)O)ccc1S(=O)(=O)NC1(CO)CCC1. The third kappa shape index (κ3) is 2.62. The molecular weight excluding hydrogens is 284 g/mol. The average Bonchev–Trinajstić information content (AvgIpc) is 2.33. The molecule has 0 atom stereocenters. The number of carboxylic acid groups (broad SMARTS) is 1. The van der Waals surface area contributed by atoms with Crippen molar-refractivity contribution in [3.63, 3.8) is 0 Å². The summed E-state index contributed by atoms with van der Waals surface area (Å²) in [6, 6.07) is 3.44. The van der Waals surface area contributed by atoms with Gasteiger partial charge in [0.2, 0.25) is 10.0 Å². The lowest BCUT2D eigenvalue weighted by molar-refractivity contribution is 0.0697. The number of hydrogen-bond donors (Lipinski definition) is 4. The van der Waals surface area contributed by atoms with Gasteiger partial charge in [-0.15, -0.1) is 0 Å². The van der Waals surface area contributed by atoms with Crippen LogP contribution in [0.2, 0.25) is 0 Å². The zero-order valence-corrected chi connectivity index (χ0v) is 11.5. The van der Waals surface area contributed by atoms with Crippen molar-refractivity contribution in [1.82, 2.24) is 4.72 Å². The number of sulfonamides is 1. The van der Waals surface area contributed by atoms with Crippen molar-refractivity contribution in [2.75, 3.05) is 12.3 Å². The number of rotatable bonds is 5. The topological polar surface area (TPSA) is 130 Å². The smallest absolute Gasteiger partial charge is 0.335 e. The molecule has 2 rings (SSSR count). The van der Waals surface area contributed by atoms with Crippen LogP contribution >= 0.6 is 0 Å². The lowest BCUT2D eigenvalue weighted by Gasteiger charge is -2.40. The van der Waals surface area contributed by atoms with E-state index in [4.69, 9.17) is 10.8 Å². The van der Waals surface area contributed by atoms with Crippen molar-refractivity contribution in [2.24, 2.45) is 0 Å². The van der Waals surface area contributed by atoms with Gasteiger partial charge in [-0.1, -0.05) is 0 Å². The number of aliphatic hydroxyl groups is 1. The third-order valence-electron chi connectivity index (χ3n) is 3.51. The van der Waals surface area contributed by atoms with Gasteiger partial charge >= 0.3 is 5.97 Å². The third-order valence-corrected chi connectivity index (χ3v) is 5.16. The largest absolute Gasteiger partial charge is 0.478 e. The summed E-state index contributed by atoms with van der Waals surface area (Å²) in [5, 5.41) is 18.1. The second-order valence-corrected chi connectivity index (χ2v) is 6.61. The first-order valence-corrected chi connectivity index (χ1v) is 7.56. The second-order valence-electron chi connectivity index (χ2n) is 4.96. The summed E-state index contributed by atoms with van der Waals surface area (Å²) in [6.45, 7) is -0.278. The molecule has 0 spiro atoms. The number of benzene rings is 1. The van der Waals surface area contributed by atoms with Crippen LogP contribution < -0.4 is 10.5 Å². The van der Waals surface area contributed by atoms with Crippen LogP contribution in [0.3, 0.4) is 0 Å². The Labute approximate surface area is 116 Å². The monoisotopic (exact) mass is 300 g/mol. The van der Waals surface area contributed by atoms with Gasteiger partial charge in [0.1, 0.15) is 4.90 Å². The number of aliphatic hydroxyl groups excluding tert-OH is 1. The van der Waals surface area contributed by atoms with Gasteiger partial charge in [0.05, 0.1) is 23.4 Å². The van der Waals surface area contributed by atoms with Gasteiger partial charge in [-0.05, 0) is 37.5 Å². The van der Waals surface area contributed by atoms with Crippen LogP contribution in [0.5, 0.6) is 0 Å². The summed E-state index contributed by atoms with van der Waals surface area (Å²) < 4.78 is 27.0. The standard InChI is InChI=1S/C12H16N2O5S/c13-9-6-8(11(16)17)2-3-10(9)20(18,19)14-12(7-15)4-1-5-12/h2-3,6,14-15H,1,4-5,7,13H2,(H,16,17). The molecule has 0 amide bonds. The highest BCUT2D eigenvalue weighted by atomic mass is 32.2. The van der Waals surface area contributed by atoms with Crippen LogP contribution in [-0.4, -0.2) is 36.7 Å². The molecule has 8 heteroatoms. The van der Waals surface area contributed by atoms with E-state index in [1.54, 1.807) is 0 Å². The van der Waals surface area contributed by atoms with Gasteiger partial charge < -0.3 is 15.9 Å². The number of carbonyl (C=O) groups is 1. The van der Waals surface area contributed by atoms with Gasteiger partial charge in [-0.3, -0.25) is 0 Å². The zero-order chi connectivity index (χ0) is 15.0. The summed E-state index contributed by atoms with van der Waals surface area (Å²) in [5.41, 5.74) is 4.58. The number of aromatic carboxylic acids is 1. The van der Waals surface area contributed by atoms with Crippen molar-refractivity contribution < 1.29 is 23.4 Å². The summed E-state index contributed by atoms with van der Waals surface area (Å²) in [4.78, 5) is 10.6. The highest BCUT2D eigenvalue weighted by Gasteiger charge is 2.40. The van der Waals surface area contributed by atoms with Crippen molar-refractivity contribution in [1.29, 1.82) is 0 Å². The number of anilines is 1. The maximum Gasteiger partial charge on any atom is 0.335 e. The van der Waals surface area contributed by atoms with E-state index >= 15 is 0 Å². The van der Waals surface area contributed by atoms with Crippen molar-refractivity contribution in [2.45, 2.75) is 29.7 Å². The Morgan fingerprint density at radius 2 is 2.05 bits per heavy atom. The first-order valence-electron chi connectivity index (χ1n) is 6.07. The summed E-state index contributed by atoms with van der Waals surface area (Å²) in [6.07, 6.45) is 1.97. The lowest BCUT2D eigenvalue weighted by Crippen LogP contribution is -2.56. The Morgan fingerprint density at radius 1 is 1.40 bits per heavy atom. The van der Waals surface area contributed by atoms with Crippen LogP contribution in [0.25, 0.3) is 0 Å². The van der Waals surface area contributed by atoms with E-state index < -0.39 is 21.5 Å². The maximum atomic E-state index is 12.3. The summed E-state index contributed by atoms with van der Waals surface area (Å²) >= 11 is 0. The van der Waals surface area contributed by atoms with Crippen LogP contribution in [0, 0.1) is 0 Å². The highest BCUT2D eigenvalue weighted by Crippen LogP contribution is 2.33. The van der Waals surface area contributed by atoms with E-state index in [1.807, 2.05) is 0 Å². The van der Waals surface area contributed by atoms with Crippen LogP contribution in [0.1, 0.15) is 29.6 Å². The van der Waals surface area contributed by atoms with Gasteiger partial charge in [0.25, 0.3) is 0 Å². The molecule has 110 valence electrons. The van der Waals surface area contributed by atoms with Gasteiger partial charge in [-0.25, -0.2) is 17.9 Å². The van der Waals surface area contributed by atoms with Crippen LogP contribution in [0.4, 0.5) is 5.69 Å². The lowest BCUT2D eigenvalue weighted by atomic mass is 9.78. The first-order chi connectivity index (χ1) is 9.30. The van der Waals surface area contributed by atoms with E-state index in [0.29, 0.717) is 12.8 Å². The molecule has 1 saturated carbocycles. The van der Waals surface area contributed by atoms with E-state index in [2.05, 4.69) is 4.72 Å². The minimum atomic E-state index is -3.89. The van der Waals surface area contributed by atoms with Crippen molar-refractivity contribution in [3.8, 4) is 0 Å². The predicted octanol–water partition coefficient (Wildman–Crippen LogP) is 0.160. The normalized spacial score (nSPS) is 17.4. The molecule has 1 fully saturated rings. The Hall–Kier alpha value is -1.64. The number of hydrogen-bond acceptors (Lipinski definition) is 5. The number of carboxylic acids is 1. The van der Waals surface area contributed by atoms with Crippen LogP contribution in [-0.2, 0) is 10.0 Å². The molecule has 0 heterocycles. The summed E-state index contributed by atoms with van der Waals surface area (Å²) in [7, 11) is -3.89. The molecule has 1 aromatic rings. The Kier molecular flexibility index (Phi) is 3.72. The minimum Gasteiger partial charge on any atom is -0.478 e. The molecule has 0 radical (unpaired) electrons. The first kappa shape index (κ1) is 14.8. The maximum absolute atomic E-state index is 12.3. The number of nitrogen functional groups attached to an aromatic ring is 1. The molecule has 0 bridgehead atoms. The molecule has 0 aromatic heterocycles. The molecule has 5 N–H and O–H groups in total.